The predicted molar refractivity (Wildman–Crippen MR) is 66.8 cm³/mol. The average molecular weight is 238 g/mol. The van der Waals surface area contributed by atoms with Crippen molar-refractivity contribution >= 4 is 5.97 Å². The van der Waals surface area contributed by atoms with Gasteiger partial charge in [0.25, 0.3) is 0 Å². The molecule has 0 atom stereocenters. The molecule has 0 saturated heterocycles. The Kier molecular flexibility index (Phi) is 3.96. The molecule has 4 nitrogen and oxygen atoms in total. The smallest absolute Gasteiger partial charge is 0.306 e. The number of esters is 1. The molecule has 0 N–H and O–H groups in total. The highest BCUT2D eigenvalue weighted by molar-refractivity contribution is 5.70. The summed E-state index contributed by atoms with van der Waals surface area (Å²) in [6, 6.07) is 0. The predicted octanol–water partition coefficient (Wildman–Crippen LogP) is 2.31. The fourth-order valence-corrected chi connectivity index (χ4v) is 1.80. The second-order valence-electron chi connectivity index (χ2n) is 5.36. The summed E-state index contributed by atoms with van der Waals surface area (Å²) in [6.45, 7) is 9.63. The van der Waals surface area contributed by atoms with Crippen LogP contribution in [-0.4, -0.2) is 21.4 Å². The van der Waals surface area contributed by atoms with E-state index >= 15 is 0 Å². The first-order valence-corrected chi connectivity index (χ1v) is 5.91. The molecular formula is C13H22N2O2. The van der Waals surface area contributed by atoms with E-state index in [4.69, 9.17) is 4.74 Å². The van der Waals surface area contributed by atoms with Crippen molar-refractivity contribution in [2.45, 2.75) is 53.1 Å². The van der Waals surface area contributed by atoms with E-state index in [0.29, 0.717) is 12.8 Å². The fourth-order valence-electron chi connectivity index (χ4n) is 1.80. The monoisotopic (exact) mass is 238 g/mol. The maximum absolute atomic E-state index is 11.6. The van der Waals surface area contributed by atoms with Crippen molar-refractivity contribution in [3.63, 3.8) is 0 Å². The molecule has 0 aliphatic carbocycles. The van der Waals surface area contributed by atoms with E-state index in [1.165, 1.54) is 0 Å². The van der Waals surface area contributed by atoms with Gasteiger partial charge in [-0.3, -0.25) is 9.48 Å². The lowest BCUT2D eigenvalue weighted by atomic mass is 10.1. The molecule has 1 aromatic rings. The maximum Gasteiger partial charge on any atom is 0.306 e. The normalized spacial score (nSPS) is 11.6. The van der Waals surface area contributed by atoms with Crippen LogP contribution in [-0.2, 0) is 23.0 Å². The van der Waals surface area contributed by atoms with E-state index in [1.54, 1.807) is 0 Å². The molecule has 0 aliphatic rings. The van der Waals surface area contributed by atoms with Crippen molar-refractivity contribution < 1.29 is 9.53 Å². The van der Waals surface area contributed by atoms with Gasteiger partial charge in [0.1, 0.15) is 5.60 Å². The molecule has 1 rings (SSSR count). The van der Waals surface area contributed by atoms with E-state index in [2.05, 4.69) is 5.10 Å². The lowest BCUT2D eigenvalue weighted by molar-refractivity contribution is -0.154. The minimum Gasteiger partial charge on any atom is -0.460 e. The summed E-state index contributed by atoms with van der Waals surface area (Å²) in [5, 5.41) is 4.33. The van der Waals surface area contributed by atoms with Crippen molar-refractivity contribution in [2.24, 2.45) is 7.05 Å². The van der Waals surface area contributed by atoms with Gasteiger partial charge in [0.15, 0.2) is 0 Å². The molecule has 0 fully saturated rings. The van der Waals surface area contributed by atoms with Gasteiger partial charge in [-0.15, -0.1) is 0 Å². The zero-order valence-electron chi connectivity index (χ0n) is 11.6. The molecule has 0 amide bonds. The zero-order chi connectivity index (χ0) is 13.2. The topological polar surface area (TPSA) is 44.1 Å². The second-order valence-corrected chi connectivity index (χ2v) is 5.36. The Hall–Kier alpha value is -1.32. The summed E-state index contributed by atoms with van der Waals surface area (Å²) >= 11 is 0. The average Bonchev–Trinajstić information content (AvgIpc) is 2.36. The number of carbonyl (C=O) groups excluding carboxylic acids is 1. The summed E-state index contributed by atoms with van der Waals surface area (Å²) in [7, 11) is 1.92. The maximum atomic E-state index is 11.6. The molecular weight excluding hydrogens is 216 g/mol. The molecule has 0 unspecified atom stereocenters. The van der Waals surface area contributed by atoms with Gasteiger partial charge in [-0.1, -0.05) is 0 Å². The molecule has 96 valence electrons. The summed E-state index contributed by atoms with van der Waals surface area (Å²) in [5.74, 6) is -0.153. The molecule has 1 heterocycles. The highest BCUT2D eigenvalue weighted by atomic mass is 16.6. The van der Waals surface area contributed by atoms with Crippen LogP contribution < -0.4 is 0 Å². The van der Waals surface area contributed by atoms with Crippen molar-refractivity contribution in [2.75, 3.05) is 0 Å². The Balaban J connectivity index is 2.59. The third-order valence-corrected chi connectivity index (χ3v) is 2.66. The van der Waals surface area contributed by atoms with Gasteiger partial charge in [-0.2, -0.15) is 5.10 Å². The van der Waals surface area contributed by atoms with E-state index in [0.717, 1.165) is 17.0 Å². The third-order valence-electron chi connectivity index (χ3n) is 2.66. The van der Waals surface area contributed by atoms with Crippen molar-refractivity contribution in [1.82, 2.24) is 9.78 Å². The second kappa shape index (κ2) is 4.90. The van der Waals surface area contributed by atoms with Crippen molar-refractivity contribution in [1.29, 1.82) is 0 Å². The first kappa shape index (κ1) is 13.7. The highest BCUT2D eigenvalue weighted by Gasteiger charge is 2.17. The Morgan fingerprint density at radius 3 is 2.35 bits per heavy atom. The van der Waals surface area contributed by atoms with Crippen LogP contribution in [0.2, 0.25) is 0 Å². The molecule has 0 saturated carbocycles. The van der Waals surface area contributed by atoms with E-state index in [9.17, 15) is 4.79 Å². The van der Waals surface area contributed by atoms with Gasteiger partial charge in [0.05, 0.1) is 5.69 Å². The molecule has 1 aromatic heterocycles. The Morgan fingerprint density at radius 2 is 1.94 bits per heavy atom. The minimum atomic E-state index is -0.407. The standard InChI is InChI=1S/C13H22N2O2/c1-9-11(10(2)15(6)14-9)7-8-12(16)17-13(3,4)5/h7-8H2,1-6H3. The number of hydrogen-bond donors (Lipinski definition) is 0. The van der Waals surface area contributed by atoms with Crippen LogP contribution >= 0.6 is 0 Å². The van der Waals surface area contributed by atoms with Crippen LogP contribution in [0.1, 0.15) is 44.1 Å². The SMILES string of the molecule is Cc1nn(C)c(C)c1CCC(=O)OC(C)(C)C. The Bertz CT molecular complexity index is 414. The Morgan fingerprint density at radius 1 is 1.35 bits per heavy atom. The number of aryl methyl sites for hydroxylation is 2. The van der Waals surface area contributed by atoms with Crippen LogP contribution in [0.3, 0.4) is 0 Å². The third kappa shape index (κ3) is 3.88. The lowest BCUT2D eigenvalue weighted by Gasteiger charge is -2.19. The molecule has 0 radical (unpaired) electrons. The van der Waals surface area contributed by atoms with Gasteiger partial charge >= 0.3 is 5.97 Å². The van der Waals surface area contributed by atoms with E-state index in [1.807, 2.05) is 46.3 Å². The summed E-state index contributed by atoms with van der Waals surface area (Å²) in [4.78, 5) is 11.6. The Labute approximate surface area is 103 Å². The van der Waals surface area contributed by atoms with E-state index in [-0.39, 0.29) is 5.97 Å². The van der Waals surface area contributed by atoms with Crippen molar-refractivity contribution in [3.8, 4) is 0 Å². The quantitative estimate of drug-likeness (QED) is 0.759. The van der Waals surface area contributed by atoms with Gasteiger partial charge in [0, 0.05) is 19.2 Å². The van der Waals surface area contributed by atoms with Gasteiger partial charge < -0.3 is 4.74 Å². The van der Waals surface area contributed by atoms with Crippen molar-refractivity contribution in [3.05, 3.63) is 17.0 Å². The van der Waals surface area contributed by atoms with Crippen LogP contribution in [0.15, 0.2) is 0 Å². The van der Waals surface area contributed by atoms with Crippen LogP contribution in [0.25, 0.3) is 0 Å². The lowest BCUT2D eigenvalue weighted by Crippen LogP contribution is -2.24. The number of rotatable bonds is 3. The number of carbonyl (C=O) groups is 1. The number of ether oxygens (including phenoxy) is 1. The summed E-state index contributed by atoms with van der Waals surface area (Å²) in [6.07, 6.45) is 1.10. The molecule has 4 heteroatoms. The number of aromatic nitrogens is 2. The summed E-state index contributed by atoms with van der Waals surface area (Å²) < 4.78 is 7.13. The number of hydrogen-bond acceptors (Lipinski definition) is 3. The largest absolute Gasteiger partial charge is 0.460 e. The molecule has 0 aliphatic heterocycles. The molecule has 0 aromatic carbocycles. The van der Waals surface area contributed by atoms with Crippen LogP contribution in [0.4, 0.5) is 0 Å². The van der Waals surface area contributed by atoms with Gasteiger partial charge in [-0.05, 0) is 46.6 Å². The molecule has 0 spiro atoms. The van der Waals surface area contributed by atoms with Crippen LogP contribution in [0.5, 0.6) is 0 Å². The van der Waals surface area contributed by atoms with Crippen LogP contribution in [0, 0.1) is 13.8 Å². The first-order valence-electron chi connectivity index (χ1n) is 5.91. The molecule has 0 bridgehead atoms. The van der Waals surface area contributed by atoms with E-state index < -0.39 is 5.60 Å². The molecule has 17 heavy (non-hydrogen) atoms. The number of nitrogens with zero attached hydrogens (tertiary/aromatic N) is 2. The zero-order valence-corrected chi connectivity index (χ0v) is 11.6. The minimum absolute atomic E-state index is 0.153. The fraction of sp³-hybridized carbons (Fsp3) is 0.692. The first-order chi connectivity index (χ1) is 7.70. The summed E-state index contributed by atoms with van der Waals surface area (Å²) in [5.41, 5.74) is 2.86. The highest BCUT2D eigenvalue weighted by Crippen LogP contribution is 2.15. The van der Waals surface area contributed by atoms with Gasteiger partial charge in [-0.25, -0.2) is 0 Å². The van der Waals surface area contributed by atoms with Gasteiger partial charge in [0.2, 0.25) is 0 Å².